The van der Waals surface area contributed by atoms with Crippen LogP contribution in [-0.2, 0) is 14.8 Å². The second-order valence-electron chi connectivity index (χ2n) is 5.76. The van der Waals surface area contributed by atoms with E-state index in [0.29, 0.717) is 16.3 Å². The van der Waals surface area contributed by atoms with Gasteiger partial charge in [0.1, 0.15) is 12.3 Å². The molecule has 0 atom stereocenters. The van der Waals surface area contributed by atoms with Gasteiger partial charge in [-0.1, -0.05) is 35.9 Å². The minimum absolute atomic E-state index is 0.283. The van der Waals surface area contributed by atoms with E-state index in [1.165, 1.54) is 13.3 Å². The van der Waals surface area contributed by atoms with Gasteiger partial charge < -0.3 is 4.74 Å². The van der Waals surface area contributed by atoms with Gasteiger partial charge >= 0.3 is 0 Å². The van der Waals surface area contributed by atoms with E-state index >= 15 is 0 Å². The number of carbonyl (C=O) groups excluding carboxylic acids is 1. The lowest BCUT2D eigenvalue weighted by Crippen LogP contribution is -2.39. The number of ether oxygens (including phenoxy) is 1. The minimum Gasteiger partial charge on any atom is -0.495 e. The van der Waals surface area contributed by atoms with Gasteiger partial charge in [0.15, 0.2) is 0 Å². The first-order valence-electron chi connectivity index (χ1n) is 7.91. The number of methoxy groups -OCH3 is 1. The van der Waals surface area contributed by atoms with Crippen LogP contribution < -0.4 is 14.5 Å². The number of hydrogen-bond donors (Lipinski definition) is 1. The number of nitrogens with zero attached hydrogens (tertiary/aromatic N) is 2. The molecule has 2 rings (SSSR count). The van der Waals surface area contributed by atoms with Crippen molar-refractivity contribution >= 4 is 39.4 Å². The van der Waals surface area contributed by atoms with E-state index in [2.05, 4.69) is 10.5 Å². The van der Waals surface area contributed by atoms with Gasteiger partial charge in [0.25, 0.3) is 5.91 Å². The quantitative estimate of drug-likeness (QED) is 0.562. The molecule has 0 fully saturated rings. The first kappa shape index (κ1) is 20.7. The molecule has 0 heterocycles. The summed E-state index contributed by atoms with van der Waals surface area (Å²) >= 11 is 6.01. The van der Waals surface area contributed by atoms with Gasteiger partial charge in [0, 0.05) is 10.6 Å². The maximum atomic E-state index is 12.2. The number of halogens is 1. The molecule has 0 unspecified atom stereocenters. The molecule has 2 aromatic rings. The van der Waals surface area contributed by atoms with Crippen LogP contribution in [0, 0.1) is 6.92 Å². The third-order valence-corrected chi connectivity index (χ3v) is 5.06. The number of aryl methyl sites for hydroxylation is 1. The van der Waals surface area contributed by atoms with Crippen LogP contribution in [0.15, 0.2) is 47.6 Å². The number of carbonyl (C=O) groups is 1. The number of benzene rings is 2. The zero-order valence-corrected chi connectivity index (χ0v) is 16.7. The van der Waals surface area contributed by atoms with Crippen LogP contribution in [0.3, 0.4) is 0 Å². The first-order chi connectivity index (χ1) is 12.7. The molecule has 0 aliphatic heterocycles. The fourth-order valence-corrected chi connectivity index (χ4v) is 3.33. The summed E-state index contributed by atoms with van der Waals surface area (Å²) in [5, 5.41) is 4.31. The summed E-state index contributed by atoms with van der Waals surface area (Å²) in [5.41, 5.74) is 4.05. The van der Waals surface area contributed by atoms with Crippen molar-refractivity contribution in [3.05, 3.63) is 58.6 Å². The zero-order valence-electron chi connectivity index (χ0n) is 15.1. The van der Waals surface area contributed by atoms with Crippen molar-refractivity contribution in [2.45, 2.75) is 6.92 Å². The average molecular weight is 410 g/mol. The first-order valence-corrected chi connectivity index (χ1v) is 10.1. The number of rotatable bonds is 7. The molecule has 2 aromatic carbocycles. The molecular weight excluding hydrogens is 390 g/mol. The summed E-state index contributed by atoms with van der Waals surface area (Å²) in [7, 11) is -2.29. The molecule has 9 heteroatoms. The number of anilines is 1. The molecule has 144 valence electrons. The topological polar surface area (TPSA) is 88.1 Å². The Morgan fingerprint density at radius 3 is 2.63 bits per heavy atom. The van der Waals surface area contributed by atoms with Gasteiger partial charge in [-0.05, 0) is 30.7 Å². The van der Waals surface area contributed by atoms with E-state index in [-0.39, 0.29) is 5.69 Å². The zero-order chi connectivity index (χ0) is 20.0. The highest BCUT2D eigenvalue weighted by Gasteiger charge is 2.24. The summed E-state index contributed by atoms with van der Waals surface area (Å²) in [5.74, 6) is -0.259. The maximum Gasteiger partial charge on any atom is 0.260 e. The van der Waals surface area contributed by atoms with Crippen molar-refractivity contribution in [3.63, 3.8) is 0 Å². The van der Waals surface area contributed by atoms with Crippen LogP contribution in [0.1, 0.15) is 11.1 Å². The van der Waals surface area contributed by atoms with Crippen molar-refractivity contribution in [1.82, 2.24) is 5.43 Å². The number of amides is 1. The largest absolute Gasteiger partial charge is 0.495 e. The Bertz CT molecular complexity index is 961. The Labute approximate surface area is 163 Å². The molecule has 7 nitrogen and oxygen atoms in total. The molecule has 0 saturated carbocycles. The van der Waals surface area contributed by atoms with Gasteiger partial charge in [-0.2, -0.15) is 5.10 Å². The molecule has 0 aromatic heterocycles. The molecule has 27 heavy (non-hydrogen) atoms. The van der Waals surface area contributed by atoms with Crippen LogP contribution in [0.5, 0.6) is 5.75 Å². The molecule has 0 radical (unpaired) electrons. The Hall–Kier alpha value is -2.58. The SMILES string of the molecule is COc1ccc(C)cc1N(CC(=O)N/N=C\c1ccccc1Cl)S(C)(=O)=O. The van der Waals surface area contributed by atoms with Crippen molar-refractivity contribution < 1.29 is 17.9 Å². The minimum atomic E-state index is -3.73. The van der Waals surface area contributed by atoms with Gasteiger partial charge in [-0.25, -0.2) is 13.8 Å². The number of sulfonamides is 1. The summed E-state index contributed by atoms with van der Waals surface area (Å²) in [6.45, 7) is 1.37. The molecule has 0 aliphatic rings. The van der Waals surface area contributed by atoms with Crippen molar-refractivity contribution in [3.8, 4) is 5.75 Å². The molecule has 0 saturated heterocycles. The fourth-order valence-electron chi connectivity index (χ4n) is 2.30. The molecule has 0 spiro atoms. The van der Waals surface area contributed by atoms with Crippen LogP contribution >= 0.6 is 11.6 Å². The van der Waals surface area contributed by atoms with Crippen LogP contribution in [-0.4, -0.2) is 40.4 Å². The van der Waals surface area contributed by atoms with E-state index in [4.69, 9.17) is 16.3 Å². The normalized spacial score (nSPS) is 11.4. The van der Waals surface area contributed by atoms with Crippen LogP contribution in [0.4, 0.5) is 5.69 Å². The van der Waals surface area contributed by atoms with Gasteiger partial charge in [0.05, 0.1) is 25.3 Å². The van der Waals surface area contributed by atoms with Gasteiger partial charge in [0.2, 0.25) is 10.0 Å². The number of hydrogen-bond acceptors (Lipinski definition) is 5. The lowest BCUT2D eigenvalue weighted by molar-refractivity contribution is -0.119. The fraction of sp³-hybridized carbons (Fsp3) is 0.222. The van der Waals surface area contributed by atoms with Crippen molar-refractivity contribution in [2.75, 3.05) is 24.2 Å². The molecule has 0 bridgehead atoms. The van der Waals surface area contributed by atoms with E-state index in [9.17, 15) is 13.2 Å². The molecule has 0 aliphatic carbocycles. The molecule has 1 amide bonds. The third kappa shape index (κ3) is 5.70. The maximum absolute atomic E-state index is 12.2. The van der Waals surface area contributed by atoms with Crippen LogP contribution in [0.2, 0.25) is 5.02 Å². The van der Waals surface area contributed by atoms with Gasteiger partial charge in [-0.15, -0.1) is 0 Å². The van der Waals surface area contributed by atoms with E-state index in [0.717, 1.165) is 16.1 Å². The average Bonchev–Trinajstić information content (AvgIpc) is 2.60. The lowest BCUT2D eigenvalue weighted by atomic mass is 10.2. The highest BCUT2D eigenvalue weighted by molar-refractivity contribution is 7.92. The number of hydrazone groups is 1. The second kappa shape index (κ2) is 8.88. The Morgan fingerprint density at radius 1 is 1.30 bits per heavy atom. The summed E-state index contributed by atoms with van der Waals surface area (Å²) in [6.07, 6.45) is 2.41. The van der Waals surface area contributed by atoms with Crippen LogP contribution in [0.25, 0.3) is 0 Å². The van der Waals surface area contributed by atoms with E-state index in [1.54, 1.807) is 42.5 Å². The monoisotopic (exact) mass is 409 g/mol. The van der Waals surface area contributed by atoms with Crippen molar-refractivity contribution in [1.29, 1.82) is 0 Å². The Kier molecular flexibility index (Phi) is 6.81. The summed E-state index contributed by atoms with van der Waals surface area (Å²) in [6, 6.07) is 12.1. The highest BCUT2D eigenvalue weighted by atomic mass is 35.5. The third-order valence-electron chi connectivity index (χ3n) is 3.59. The van der Waals surface area contributed by atoms with Crippen molar-refractivity contribution in [2.24, 2.45) is 5.10 Å². The predicted molar refractivity (Wildman–Crippen MR) is 107 cm³/mol. The molecule has 1 N–H and O–H groups in total. The Balaban J connectivity index is 2.19. The second-order valence-corrected chi connectivity index (χ2v) is 8.07. The standard InChI is InChI=1S/C18H20ClN3O4S/c1-13-8-9-17(26-2)16(10-13)22(27(3,24)25)12-18(23)21-20-11-14-6-4-5-7-15(14)19/h4-11H,12H2,1-3H3,(H,21,23)/b20-11-. The number of nitrogens with one attached hydrogen (secondary N) is 1. The van der Waals surface area contributed by atoms with Gasteiger partial charge in [-0.3, -0.25) is 9.10 Å². The smallest absolute Gasteiger partial charge is 0.260 e. The molecular formula is C18H20ClN3O4S. The summed E-state index contributed by atoms with van der Waals surface area (Å²) in [4.78, 5) is 12.2. The Morgan fingerprint density at radius 2 is 2.00 bits per heavy atom. The summed E-state index contributed by atoms with van der Waals surface area (Å²) < 4.78 is 30.6. The van der Waals surface area contributed by atoms with E-state index in [1.807, 2.05) is 6.92 Å². The lowest BCUT2D eigenvalue weighted by Gasteiger charge is -2.23. The van der Waals surface area contributed by atoms with E-state index < -0.39 is 22.5 Å². The highest BCUT2D eigenvalue weighted by Crippen LogP contribution is 2.30. The predicted octanol–water partition coefficient (Wildman–Crippen LogP) is 2.57.